The minimum Gasteiger partial charge on any atom is -0.378 e. The second-order valence-corrected chi connectivity index (χ2v) is 12.5. The van der Waals surface area contributed by atoms with Crippen LogP contribution in [-0.4, -0.2) is 83.3 Å². The van der Waals surface area contributed by atoms with Crippen molar-refractivity contribution in [3.8, 4) is 0 Å². The van der Waals surface area contributed by atoms with Crippen molar-refractivity contribution in [2.45, 2.75) is 103 Å². The molecule has 4 fully saturated rings. The van der Waals surface area contributed by atoms with Crippen LogP contribution in [0.1, 0.15) is 80.1 Å². The molecular weight excluding hydrogens is 358 g/mol. The van der Waals surface area contributed by atoms with E-state index in [2.05, 4.69) is 56.2 Å². The van der Waals surface area contributed by atoms with Crippen LogP contribution in [0.5, 0.6) is 0 Å². The van der Waals surface area contributed by atoms with Gasteiger partial charge >= 0.3 is 0 Å². The highest BCUT2D eigenvalue weighted by Gasteiger charge is 2.49. The van der Waals surface area contributed by atoms with Gasteiger partial charge in [-0.1, -0.05) is 6.42 Å². The lowest BCUT2D eigenvalue weighted by Crippen LogP contribution is -2.60. The van der Waals surface area contributed by atoms with Gasteiger partial charge in [-0.15, -0.1) is 0 Å². The Hall–Kier alpha value is -0.160. The number of hydrogen-bond donors (Lipinski definition) is 0. The molecule has 0 saturated carbocycles. The lowest BCUT2D eigenvalue weighted by molar-refractivity contribution is -0.0772. The second kappa shape index (κ2) is 8.07. The highest BCUT2D eigenvalue weighted by molar-refractivity contribution is 5.04. The molecule has 0 aromatic carbocycles. The molecule has 0 N–H and O–H groups in total. The highest BCUT2D eigenvalue weighted by atomic mass is 16.5. The predicted molar refractivity (Wildman–Crippen MR) is 121 cm³/mol. The van der Waals surface area contributed by atoms with Crippen molar-refractivity contribution in [2.75, 3.05) is 45.9 Å². The molecule has 4 heteroatoms. The van der Waals surface area contributed by atoms with E-state index in [-0.39, 0.29) is 11.1 Å². The van der Waals surface area contributed by atoms with Crippen LogP contribution in [0.15, 0.2) is 0 Å². The number of fused-ring (bicyclic) bond motifs is 2. The summed E-state index contributed by atoms with van der Waals surface area (Å²) < 4.78 is 6.04. The maximum Gasteiger partial charge on any atom is 0.0623 e. The maximum absolute atomic E-state index is 6.04. The zero-order valence-electron chi connectivity index (χ0n) is 20.2. The van der Waals surface area contributed by atoms with Crippen molar-refractivity contribution in [1.29, 1.82) is 0 Å². The Kier molecular flexibility index (Phi) is 6.14. The van der Waals surface area contributed by atoms with Gasteiger partial charge in [-0.05, 0) is 98.6 Å². The number of nitrogens with zero attached hydrogens (tertiary/aromatic N) is 3. The molecule has 4 aliphatic rings. The van der Waals surface area contributed by atoms with Crippen LogP contribution in [0.3, 0.4) is 0 Å². The molecule has 4 nitrogen and oxygen atoms in total. The number of piperidine rings is 1. The first kappa shape index (κ1) is 22.0. The van der Waals surface area contributed by atoms with E-state index in [1.807, 2.05) is 0 Å². The van der Waals surface area contributed by atoms with Crippen LogP contribution in [0.4, 0.5) is 0 Å². The molecule has 4 heterocycles. The van der Waals surface area contributed by atoms with Crippen molar-refractivity contribution in [1.82, 2.24) is 14.7 Å². The number of rotatable bonds is 1. The van der Waals surface area contributed by atoms with Crippen molar-refractivity contribution in [2.24, 2.45) is 11.8 Å². The van der Waals surface area contributed by atoms with E-state index in [9.17, 15) is 0 Å². The van der Waals surface area contributed by atoms with Gasteiger partial charge in [0.05, 0.1) is 13.2 Å². The van der Waals surface area contributed by atoms with Crippen molar-refractivity contribution in [3.05, 3.63) is 0 Å². The van der Waals surface area contributed by atoms with E-state index >= 15 is 0 Å². The van der Waals surface area contributed by atoms with Crippen LogP contribution in [0.2, 0.25) is 0 Å². The predicted octanol–water partition coefficient (Wildman–Crippen LogP) is 4.24. The molecule has 4 unspecified atom stereocenters. The van der Waals surface area contributed by atoms with E-state index < -0.39 is 0 Å². The first-order valence-corrected chi connectivity index (χ1v) is 12.4. The molecule has 29 heavy (non-hydrogen) atoms. The Morgan fingerprint density at radius 3 is 2.14 bits per heavy atom. The third kappa shape index (κ3) is 4.56. The van der Waals surface area contributed by atoms with Crippen LogP contribution in [0, 0.1) is 11.8 Å². The average Bonchev–Trinajstić information content (AvgIpc) is 3.05. The Bertz CT molecular complexity index is 565. The zero-order valence-corrected chi connectivity index (χ0v) is 20.2. The summed E-state index contributed by atoms with van der Waals surface area (Å²) in [6.45, 7) is 23.0. The maximum atomic E-state index is 6.04. The average molecular weight is 406 g/mol. The number of likely N-dealkylation sites (tertiary alicyclic amines) is 2. The van der Waals surface area contributed by atoms with E-state index in [4.69, 9.17) is 4.74 Å². The molecule has 4 rings (SSSR count). The van der Waals surface area contributed by atoms with E-state index in [1.165, 1.54) is 64.7 Å². The van der Waals surface area contributed by atoms with Crippen molar-refractivity contribution < 1.29 is 4.74 Å². The lowest BCUT2D eigenvalue weighted by atomic mass is 9.77. The fraction of sp³-hybridized carbons (Fsp3) is 1.00. The standard InChI is InChI=1S/C25H47N3O/c1-23(2,3)27-17-20-14-24(4,5)28-12-13-29-19-22(28)16-25(6,15-21(20)18-27)26-10-8-7-9-11-26/h20-22H,7-19H2,1-6H3. The van der Waals surface area contributed by atoms with Crippen LogP contribution in [-0.2, 0) is 4.74 Å². The van der Waals surface area contributed by atoms with Gasteiger partial charge in [-0.25, -0.2) is 0 Å². The largest absolute Gasteiger partial charge is 0.378 e. The summed E-state index contributed by atoms with van der Waals surface area (Å²) in [7, 11) is 0. The summed E-state index contributed by atoms with van der Waals surface area (Å²) in [5, 5.41) is 0. The molecule has 168 valence electrons. The van der Waals surface area contributed by atoms with Gasteiger partial charge in [-0.2, -0.15) is 0 Å². The Morgan fingerprint density at radius 1 is 0.828 bits per heavy atom. The number of morpholine rings is 1. The lowest BCUT2D eigenvalue weighted by Gasteiger charge is -2.51. The zero-order chi connectivity index (χ0) is 20.9. The molecule has 0 aromatic rings. The minimum absolute atomic E-state index is 0.262. The summed E-state index contributed by atoms with van der Waals surface area (Å²) >= 11 is 0. The Labute approximate surface area is 180 Å². The van der Waals surface area contributed by atoms with Crippen LogP contribution < -0.4 is 0 Å². The van der Waals surface area contributed by atoms with Crippen molar-refractivity contribution >= 4 is 0 Å². The highest BCUT2D eigenvalue weighted by Crippen LogP contribution is 2.45. The molecule has 4 saturated heterocycles. The molecule has 4 atom stereocenters. The van der Waals surface area contributed by atoms with Gasteiger partial charge in [0, 0.05) is 42.3 Å². The molecule has 0 spiro atoms. The number of ether oxygens (including phenoxy) is 1. The van der Waals surface area contributed by atoms with E-state index in [0.29, 0.717) is 11.6 Å². The third-order valence-corrected chi connectivity index (χ3v) is 8.79. The molecule has 0 aromatic heterocycles. The quantitative estimate of drug-likeness (QED) is 0.649. The normalized spacial score (nSPS) is 40.6. The Balaban J connectivity index is 1.66. The topological polar surface area (TPSA) is 19.0 Å². The third-order valence-electron chi connectivity index (χ3n) is 8.79. The smallest absolute Gasteiger partial charge is 0.0623 e. The molecule has 0 radical (unpaired) electrons. The summed E-state index contributed by atoms with van der Waals surface area (Å²) in [6.07, 6.45) is 8.15. The van der Waals surface area contributed by atoms with Crippen LogP contribution in [0.25, 0.3) is 0 Å². The van der Waals surface area contributed by atoms with Gasteiger partial charge < -0.3 is 4.74 Å². The summed E-state index contributed by atoms with van der Waals surface area (Å²) in [5.74, 6) is 1.64. The summed E-state index contributed by atoms with van der Waals surface area (Å²) in [5.41, 5.74) is 0.851. The van der Waals surface area contributed by atoms with Gasteiger partial charge in [0.1, 0.15) is 0 Å². The van der Waals surface area contributed by atoms with Gasteiger partial charge in [0.25, 0.3) is 0 Å². The fourth-order valence-electron chi connectivity index (χ4n) is 7.18. The minimum atomic E-state index is 0.262. The molecular formula is C25H47N3O. The summed E-state index contributed by atoms with van der Waals surface area (Å²) in [4.78, 5) is 8.52. The van der Waals surface area contributed by atoms with Gasteiger partial charge in [0.2, 0.25) is 0 Å². The van der Waals surface area contributed by atoms with Crippen LogP contribution >= 0.6 is 0 Å². The Morgan fingerprint density at radius 2 is 1.48 bits per heavy atom. The van der Waals surface area contributed by atoms with E-state index in [0.717, 1.165) is 31.6 Å². The van der Waals surface area contributed by atoms with Gasteiger partial charge in [-0.3, -0.25) is 14.7 Å². The summed E-state index contributed by atoms with van der Waals surface area (Å²) in [6, 6.07) is 0.572. The fourth-order valence-corrected chi connectivity index (χ4v) is 7.18. The first-order valence-electron chi connectivity index (χ1n) is 12.4. The molecule has 0 bridgehead atoms. The van der Waals surface area contributed by atoms with E-state index in [1.54, 1.807) is 0 Å². The monoisotopic (exact) mass is 405 g/mol. The molecule has 0 amide bonds. The first-order chi connectivity index (χ1) is 13.6. The molecule has 0 aliphatic carbocycles. The SMILES string of the molecule is CC(C)(C)N1CC2CC(C)(C)N3CCOCC3CC(C)(N3CCCCC3)CC2C1. The number of hydrogen-bond acceptors (Lipinski definition) is 4. The van der Waals surface area contributed by atoms with Crippen molar-refractivity contribution in [3.63, 3.8) is 0 Å². The second-order valence-electron chi connectivity index (χ2n) is 12.5. The van der Waals surface area contributed by atoms with Gasteiger partial charge in [0.15, 0.2) is 0 Å². The molecule has 4 aliphatic heterocycles.